The molecule has 2 N–H and O–H groups in total. The van der Waals surface area contributed by atoms with Gasteiger partial charge in [0.2, 0.25) is 0 Å². The zero-order valence-corrected chi connectivity index (χ0v) is 9.40. The number of carbonyl (C=O) groups is 1. The minimum atomic E-state index is -0.0150. The number of ketones is 1. The SMILES string of the molecule is CC1(C)CC(=O)CC(C)(C)N1.OCl. The molecule has 0 aromatic rings. The van der Waals surface area contributed by atoms with Gasteiger partial charge in [-0.2, -0.15) is 0 Å². The average Bonchev–Trinajstić information content (AvgIpc) is 1.82. The van der Waals surface area contributed by atoms with Gasteiger partial charge in [-0.05, 0) is 27.7 Å². The van der Waals surface area contributed by atoms with Gasteiger partial charge in [-0.15, -0.1) is 0 Å². The molecule has 1 aliphatic rings. The molecule has 0 saturated carbocycles. The molecule has 0 radical (unpaired) electrons. The highest BCUT2D eigenvalue weighted by atomic mass is 35.5. The van der Waals surface area contributed by atoms with Crippen LogP contribution < -0.4 is 5.32 Å². The maximum Gasteiger partial charge on any atom is 0.136 e. The number of carbonyl (C=O) groups excluding carboxylic acids is 1. The van der Waals surface area contributed by atoms with Crippen molar-refractivity contribution in [1.82, 2.24) is 5.32 Å². The van der Waals surface area contributed by atoms with Crippen LogP contribution in [0.4, 0.5) is 0 Å². The molecule has 1 fully saturated rings. The molecule has 0 aliphatic carbocycles. The lowest BCUT2D eigenvalue weighted by Gasteiger charge is -2.41. The van der Waals surface area contributed by atoms with Crippen LogP contribution in [0.15, 0.2) is 0 Å². The van der Waals surface area contributed by atoms with E-state index in [4.69, 9.17) is 4.66 Å². The van der Waals surface area contributed by atoms with E-state index in [2.05, 4.69) is 44.9 Å². The Bertz CT molecular complexity index is 172. The summed E-state index contributed by atoms with van der Waals surface area (Å²) in [5.41, 5.74) is -0.0301. The average molecular weight is 208 g/mol. The van der Waals surface area contributed by atoms with Crippen LogP contribution in [0.1, 0.15) is 40.5 Å². The molecule has 4 heteroatoms. The van der Waals surface area contributed by atoms with Gasteiger partial charge in [0.05, 0.1) is 11.9 Å². The van der Waals surface area contributed by atoms with Crippen molar-refractivity contribution in [2.24, 2.45) is 0 Å². The van der Waals surface area contributed by atoms with Gasteiger partial charge in [-0.25, -0.2) is 0 Å². The number of rotatable bonds is 0. The minimum Gasteiger partial charge on any atom is -0.306 e. The zero-order valence-electron chi connectivity index (χ0n) is 8.65. The first-order valence-corrected chi connectivity index (χ1v) is 4.63. The van der Waals surface area contributed by atoms with Crippen LogP contribution in [0.5, 0.6) is 0 Å². The molecule has 0 bridgehead atoms. The van der Waals surface area contributed by atoms with E-state index < -0.39 is 0 Å². The quantitative estimate of drug-likeness (QED) is 0.635. The van der Waals surface area contributed by atoms with Crippen LogP contribution in [-0.2, 0) is 4.79 Å². The zero-order chi connectivity index (χ0) is 10.7. The van der Waals surface area contributed by atoms with E-state index in [-0.39, 0.29) is 11.1 Å². The molecule has 1 rings (SSSR count). The Balaban J connectivity index is 0.000000671. The fourth-order valence-electron chi connectivity index (χ4n) is 2.05. The third-order valence-electron chi connectivity index (χ3n) is 1.95. The van der Waals surface area contributed by atoms with Gasteiger partial charge in [-0.3, -0.25) is 9.45 Å². The second-order valence-electron chi connectivity index (χ2n) is 4.78. The van der Waals surface area contributed by atoms with Crippen molar-refractivity contribution in [3.63, 3.8) is 0 Å². The number of Topliss-reactive ketones (excluding diaryl/α,β-unsaturated/α-hetero) is 1. The maximum absolute atomic E-state index is 11.3. The molecular weight excluding hydrogens is 190 g/mol. The van der Waals surface area contributed by atoms with Gasteiger partial charge in [0.15, 0.2) is 0 Å². The van der Waals surface area contributed by atoms with Crippen molar-refractivity contribution in [1.29, 1.82) is 0 Å². The number of halogens is 1. The van der Waals surface area contributed by atoms with E-state index in [1.807, 2.05) is 0 Å². The van der Waals surface area contributed by atoms with Crippen molar-refractivity contribution in [2.45, 2.75) is 51.6 Å². The summed E-state index contributed by atoms with van der Waals surface area (Å²) in [5.74, 6) is 0.374. The summed E-state index contributed by atoms with van der Waals surface area (Å²) in [7, 11) is 0. The lowest BCUT2D eigenvalue weighted by atomic mass is 9.82. The van der Waals surface area contributed by atoms with Gasteiger partial charge < -0.3 is 5.32 Å². The lowest BCUT2D eigenvalue weighted by Crippen LogP contribution is -2.58. The molecule has 0 amide bonds. The topological polar surface area (TPSA) is 49.3 Å². The molecule has 0 aromatic carbocycles. The maximum atomic E-state index is 11.3. The largest absolute Gasteiger partial charge is 0.306 e. The smallest absolute Gasteiger partial charge is 0.136 e. The van der Waals surface area contributed by atoms with E-state index in [1.54, 1.807) is 0 Å². The number of piperidine rings is 1. The van der Waals surface area contributed by atoms with Crippen molar-refractivity contribution < 1.29 is 9.45 Å². The fourth-order valence-corrected chi connectivity index (χ4v) is 2.05. The van der Waals surface area contributed by atoms with E-state index in [9.17, 15) is 4.79 Å². The normalized spacial score (nSPS) is 24.6. The van der Waals surface area contributed by atoms with Gasteiger partial charge >= 0.3 is 0 Å². The first-order valence-electron chi connectivity index (χ1n) is 4.29. The summed E-state index contributed by atoms with van der Waals surface area (Å²) in [6.45, 7) is 8.30. The highest BCUT2D eigenvalue weighted by Crippen LogP contribution is 2.25. The number of hydrogen-bond donors (Lipinski definition) is 2. The van der Waals surface area contributed by atoms with Crippen molar-refractivity contribution in [3.8, 4) is 0 Å². The first-order chi connectivity index (χ1) is 5.81. The number of hydrogen-bond acceptors (Lipinski definition) is 3. The van der Waals surface area contributed by atoms with Crippen LogP contribution in [-0.4, -0.2) is 21.5 Å². The molecular formula is C9H18ClNO2. The third kappa shape index (κ3) is 4.60. The van der Waals surface area contributed by atoms with Crippen LogP contribution >= 0.6 is 11.9 Å². The summed E-state index contributed by atoms with van der Waals surface area (Å²) >= 11 is 3.64. The summed E-state index contributed by atoms with van der Waals surface area (Å²) in [4.78, 5) is 11.3. The minimum absolute atomic E-state index is 0.0150. The molecule has 0 aromatic heterocycles. The first kappa shape index (κ1) is 12.9. The standard InChI is InChI=1S/C9H17NO.ClHO/c1-8(2)5-7(11)6-9(3,4)10-8;1-2/h10H,5-6H2,1-4H3;2H. The molecule has 1 heterocycles. The summed E-state index contributed by atoms with van der Waals surface area (Å²) < 4.78 is 6.47. The molecule has 78 valence electrons. The Morgan fingerprint density at radius 2 is 1.46 bits per heavy atom. The predicted octanol–water partition coefficient (Wildman–Crippen LogP) is 1.63. The predicted molar refractivity (Wildman–Crippen MR) is 53.6 cm³/mol. The van der Waals surface area contributed by atoms with Crippen LogP contribution in [0.3, 0.4) is 0 Å². The van der Waals surface area contributed by atoms with E-state index in [1.165, 1.54) is 0 Å². The second-order valence-corrected chi connectivity index (χ2v) is 4.78. The molecule has 1 saturated heterocycles. The summed E-state index contributed by atoms with van der Waals surface area (Å²) in [5, 5.41) is 3.44. The molecule has 0 unspecified atom stereocenters. The highest BCUT2D eigenvalue weighted by Gasteiger charge is 2.36. The van der Waals surface area contributed by atoms with Crippen molar-refractivity contribution in [2.75, 3.05) is 0 Å². The summed E-state index contributed by atoms with van der Waals surface area (Å²) in [6.07, 6.45) is 1.33. The molecule has 13 heavy (non-hydrogen) atoms. The van der Waals surface area contributed by atoms with Gasteiger partial charge in [0.25, 0.3) is 0 Å². The molecule has 1 aliphatic heterocycles. The van der Waals surface area contributed by atoms with Crippen LogP contribution in [0, 0.1) is 0 Å². The summed E-state index contributed by atoms with van der Waals surface area (Å²) in [6, 6.07) is 0. The third-order valence-corrected chi connectivity index (χ3v) is 1.95. The van der Waals surface area contributed by atoms with Gasteiger partial charge in [0.1, 0.15) is 5.78 Å². The lowest BCUT2D eigenvalue weighted by molar-refractivity contribution is -0.124. The number of nitrogens with one attached hydrogen (secondary N) is 1. The molecule has 3 nitrogen and oxygen atoms in total. The Morgan fingerprint density at radius 1 is 1.15 bits per heavy atom. The second kappa shape index (κ2) is 4.40. The highest BCUT2D eigenvalue weighted by molar-refractivity contribution is 6.04. The van der Waals surface area contributed by atoms with E-state index in [0.717, 1.165) is 0 Å². The van der Waals surface area contributed by atoms with E-state index in [0.29, 0.717) is 18.6 Å². The Hall–Kier alpha value is -0.120. The van der Waals surface area contributed by atoms with Crippen molar-refractivity contribution in [3.05, 3.63) is 0 Å². The Kier molecular flexibility index (Phi) is 4.36. The van der Waals surface area contributed by atoms with E-state index >= 15 is 0 Å². The molecule has 0 atom stereocenters. The Labute approximate surface area is 84.6 Å². The Morgan fingerprint density at radius 3 is 1.69 bits per heavy atom. The van der Waals surface area contributed by atoms with Crippen LogP contribution in [0.25, 0.3) is 0 Å². The molecule has 0 spiro atoms. The fraction of sp³-hybridized carbons (Fsp3) is 0.889. The van der Waals surface area contributed by atoms with Crippen LogP contribution in [0.2, 0.25) is 0 Å². The monoisotopic (exact) mass is 207 g/mol. The van der Waals surface area contributed by atoms with Crippen molar-refractivity contribution >= 4 is 17.6 Å². The van der Waals surface area contributed by atoms with Gasteiger partial charge in [-0.1, -0.05) is 0 Å². The van der Waals surface area contributed by atoms with Gasteiger partial charge in [0, 0.05) is 23.9 Å².